The second-order valence-corrected chi connectivity index (χ2v) is 5.47. The Balaban J connectivity index is 2.50. The van der Waals surface area contributed by atoms with Crippen LogP contribution in [0.2, 0.25) is 0 Å². The number of allylic oxidation sites excluding steroid dienone is 1. The highest BCUT2D eigenvalue weighted by atomic mass is 16.5. The first-order chi connectivity index (χ1) is 11.4. The zero-order chi connectivity index (χ0) is 17.9. The van der Waals surface area contributed by atoms with Gasteiger partial charge in [-0.05, 0) is 30.5 Å². The molecule has 0 aliphatic rings. The van der Waals surface area contributed by atoms with Crippen LogP contribution in [-0.4, -0.2) is 50.4 Å². The minimum absolute atomic E-state index is 0.118. The number of carbonyl (C=O) groups is 3. The lowest BCUT2D eigenvalue weighted by Gasteiger charge is -2.08. The Morgan fingerprint density at radius 3 is 2.67 bits per heavy atom. The van der Waals surface area contributed by atoms with Crippen molar-refractivity contribution in [1.82, 2.24) is 10.2 Å². The van der Waals surface area contributed by atoms with Crippen molar-refractivity contribution in [2.24, 2.45) is 0 Å². The molecule has 6 heteroatoms. The van der Waals surface area contributed by atoms with Gasteiger partial charge in [0.2, 0.25) is 5.91 Å². The number of carbonyl (C=O) groups excluding carboxylic acids is 3. The Kier molecular flexibility index (Phi) is 8.25. The van der Waals surface area contributed by atoms with Crippen molar-refractivity contribution in [3.63, 3.8) is 0 Å². The summed E-state index contributed by atoms with van der Waals surface area (Å²) in [7, 11) is 4.76. The highest BCUT2D eigenvalue weighted by molar-refractivity contribution is 5.96. The fourth-order valence-electron chi connectivity index (χ4n) is 1.92. The first kappa shape index (κ1) is 19.4. The van der Waals surface area contributed by atoms with Gasteiger partial charge in [0.05, 0.1) is 7.11 Å². The summed E-state index contributed by atoms with van der Waals surface area (Å²) in [5.74, 6) is -0.702. The van der Waals surface area contributed by atoms with E-state index in [4.69, 9.17) is 0 Å². The summed E-state index contributed by atoms with van der Waals surface area (Å²) < 4.78 is 4.48. The summed E-state index contributed by atoms with van der Waals surface area (Å²) in [6, 6.07) is 7.09. The van der Waals surface area contributed by atoms with Gasteiger partial charge in [-0.15, -0.1) is 0 Å². The van der Waals surface area contributed by atoms with Gasteiger partial charge in [-0.1, -0.05) is 24.3 Å². The predicted molar refractivity (Wildman–Crippen MR) is 92.4 cm³/mol. The molecule has 0 radical (unpaired) electrons. The standard InChI is InChI=1S/C18H24N2O4/c1-20(2)16(21)11-6-4-5-8-14-9-7-10-15(12-14)18(23)19-13-17(22)24-3/h5,7-10,12H,4,6,11,13H2,1-3H3,(H,19,23). The lowest BCUT2D eigenvalue weighted by molar-refractivity contribution is -0.139. The van der Waals surface area contributed by atoms with Crippen molar-refractivity contribution < 1.29 is 19.1 Å². The fourth-order valence-corrected chi connectivity index (χ4v) is 1.92. The van der Waals surface area contributed by atoms with Crippen LogP contribution in [-0.2, 0) is 14.3 Å². The van der Waals surface area contributed by atoms with Gasteiger partial charge in [0.15, 0.2) is 0 Å². The number of hydrogen-bond donors (Lipinski definition) is 1. The van der Waals surface area contributed by atoms with Crippen LogP contribution in [0.5, 0.6) is 0 Å². The van der Waals surface area contributed by atoms with E-state index >= 15 is 0 Å². The third-order valence-corrected chi connectivity index (χ3v) is 3.34. The molecule has 1 aromatic rings. The van der Waals surface area contributed by atoms with E-state index in [2.05, 4.69) is 10.1 Å². The molecule has 0 fully saturated rings. The average Bonchev–Trinajstić information content (AvgIpc) is 2.58. The molecule has 2 amide bonds. The number of methoxy groups -OCH3 is 1. The number of benzene rings is 1. The van der Waals surface area contributed by atoms with Gasteiger partial charge in [-0.25, -0.2) is 0 Å². The molecule has 0 atom stereocenters. The van der Waals surface area contributed by atoms with Crippen LogP contribution in [0.1, 0.15) is 35.2 Å². The highest BCUT2D eigenvalue weighted by Crippen LogP contribution is 2.09. The van der Waals surface area contributed by atoms with E-state index in [0.29, 0.717) is 12.0 Å². The van der Waals surface area contributed by atoms with Crippen LogP contribution in [0.3, 0.4) is 0 Å². The van der Waals surface area contributed by atoms with Gasteiger partial charge in [-0.3, -0.25) is 14.4 Å². The van der Waals surface area contributed by atoms with E-state index in [1.54, 1.807) is 37.2 Å². The summed E-state index contributed by atoms with van der Waals surface area (Å²) in [4.78, 5) is 36.0. The summed E-state index contributed by atoms with van der Waals surface area (Å²) in [6.45, 7) is -0.157. The smallest absolute Gasteiger partial charge is 0.325 e. The predicted octanol–water partition coefficient (Wildman–Crippen LogP) is 1.86. The fraction of sp³-hybridized carbons (Fsp3) is 0.389. The molecule has 0 spiro atoms. The maximum atomic E-state index is 11.9. The Morgan fingerprint density at radius 1 is 1.25 bits per heavy atom. The molecule has 0 aliphatic heterocycles. The van der Waals surface area contributed by atoms with E-state index in [1.807, 2.05) is 18.2 Å². The molecular weight excluding hydrogens is 308 g/mol. The van der Waals surface area contributed by atoms with Crippen molar-refractivity contribution >= 4 is 23.9 Å². The van der Waals surface area contributed by atoms with E-state index in [-0.39, 0.29) is 18.4 Å². The van der Waals surface area contributed by atoms with Crippen LogP contribution in [0, 0.1) is 0 Å². The number of unbranched alkanes of at least 4 members (excludes halogenated alkanes) is 1. The van der Waals surface area contributed by atoms with Crippen molar-refractivity contribution in [1.29, 1.82) is 0 Å². The second kappa shape index (κ2) is 10.2. The van der Waals surface area contributed by atoms with Crippen molar-refractivity contribution in [2.75, 3.05) is 27.7 Å². The van der Waals surface area contributed by atoms with Crippen LogP contribution >= 0.6 is 0 Å². The number of esters is 1. The van der Waals surface area contributed by atoms with Gasteiger partial charge in [0.25, 0.3) is 5.91 Å². The molecule has 0 saturated carbocycles. The molecule has 0 saturated heterocycles. The summed E-state index contributed by atoms with van der Waals surface area (Å²) in [6.07, 6.45) is 5.99. The minimum Gasteiger partial charge on any atom is -0.468 e. The monoisotopic (exact) mass is 332 g/mol. The number of nitrogens with one attached hydrogen (secondary N) is 1. The quantitative estimate of drug-likeness (QED) is 0.582. The van der Waals surface area contributed by atoms with E-state index in [1.165, 1.54) is 7.11 Å². The Labute approximate surface area is 142 Å². The summed E-state index contributed by atoms with van der Waals surface area (Å²) in [5.41, 5.74) is 1.36. The van der Waals surface area contributed by atoms with Crippen molar-refractivity contribution in [3.8, 4) is 0 Å². The lowest BCUT2D eigenvalue weighted by atomic mass is 10.1. The number of amides is 2. The molecule has 0 unspecified atom stereocenters. The normalized spacial score (nSPS) is 10.5. The molecule has 0 aliphatic carbocycles. The number of nitrogens with zero attached hydrogens (tertiary/aromatic N) is 1. The molecule has 0 aromatic heterocycles. The van der Waals surface area contributed by atoms with Crippen LogP contribution in [0.15, 0.2) is 30.3 Å². The third-order valence-electron chi connectivity index (χ3n) is 3.34. The molecule has 1 N–H and O–H groups in total. The van der Waals surface area contributed by atoms with Crippen molar-refractivity contribution in [2.45, 2.75) is 19.3 Å². The molecule has 0 bridgehead atoms. The minimum atomic E-state index is -0.494. The van der Waals surface area contributed by atoms with Gasteiger partial charge >= 0.3 is 5.97 Å². The molecule has 0 heterocycles. The number of hydrogen-bond acceptors (Lipinski definition) is 4. The van der Waals surface area contributed by atoms with Crippen LogP contribution < -0.4 is 5.32 Å². The molecular formula is C18H24N2O4. The Bertz CT molecular complexity index is 609. The van der Waals surface area contributed by atoms with Gasteiger partial charge in [-0.2, -0.15) is 0 Å². The molecule has 1 aromatic carbocycles. The first-order valence-electron chi connectivity index (χ1n) is 7.76. The van der Waals surface area contributed by atoms with Gasteiger partial charge in [0, 0.05) is 26.1 Å². The molecule has 6 nitrogen and oxygen atoms in total. The Morgan fingerprint density at radius 2 is 2.00 bits per heavy atom. The van der Waals surface area contributed by atoms with E-state index in [0.717, 1.165) is 18.4 Å². The van der Waals surface area contributed by atoms with Crippen molar-refractivity contribution in [3.05, 3.63) is 41.5 Å². The summed E-state index contributed by atoms with van der Waals surface area (Å²) in [5, 5.41) is 2.50. The molecule has 24 heavy (non-hydrogen) atoms. The molecule has 130 valence electrons. The third kappa shape index (κ3) is 7.09. The van der Waals surface area contributed by atoms with E-state index in [9.17, 15) is 14.4 Å². The maximum Gasteiger partial charge on any atom is 0.325 e. The zero-order valence-electron chi connectivity index (χ0n) is 14.4. The average molecular weight is 332 g/mol. The maximum absolute atomic E-state index is 11.9. The Hall–Kier alpha value is -2.63. The lowest BCUT2D eigenvalue weighted by Crippen LogP contribution is -2.30. The number of ether oxygens (including phenoxy) is 1. The SMILES string of the molecule is COC(=O)CNC(=O)c1cccc(C=CCCCC(=O)N(C)C)c1. The topological polar surface area (TPSA) is 75.7 Å². The first-order valence-corrected chi connectivity index (χ1v) is 7.76. The second-order valence-electron chi connectivity index (χ2n) is 5.47. The van der Waals surface area contributed by atoms with Crippen LogP contribution in [0.4, 0.5) is 0 Å². The van der Waals surface area contributed by atoms with Gasteiger partial charge < -0.3 is 15.0 Å². The summed E-state index contributed by atoms with van der Waals surface area (Å²) >= 11 is 0. The highest BCUT2D eigenvalue weighted by Gasteiger charge is 2.08. The molecule has 1 rings (SSSR count). The van der Waals surface area contributed by atoms with Crippen LogP contribution in [0.25, 0.3) is 6.08 Å². The number of rotatable bonds is 8. The zero-order valence-corrected chi connectivity index (χ0v) is 14.4. The van der Waals surface area contributed by atoms with Gasteiger partial charge in [0.1, 0.15) is 6.54 Å². The largest absolute Gasteiger partial charge is 0.468 e. The van der Waals surface area contributed by atoms with E-state index < -0.39 is 5.97 Å².